The molecule has 1 N–H and O–H groups in total. The SMILES string of the molecule is C=Cc1c(OCOC(=O)C(=C)C)ccc2c1[nH]c1cccc(CCC)c12. The molecule has 0 atom stereocenters. The number of nitrogens with one attached hydrogen (secondary N) is 1. The molecule has 0 aliphatic heterocycles. The van der Waals surface area contributed by atoms with E-state index in [1.165, 1.54) is 10.9 Å². The molecule has 0 saturated carbocycles. The Bertz CT molecular complexity index is 997. The van der Waals surface area contributed by atoms with E-state index in [9.17, 15) is 4.79 Å². The average Bonchev–Trinajstić information content (AvgIpc) is 3.01. The maximum Gasteiger partial charge on any atom is 0.335 e. The molecule has 4 nitrogen and oxygen atoms in total. The van der Waals surface area contributed by atoms with E-state index in [-0.39, 0.29) is 6.79 Å². The van der Waals surface area contributed by atoms with Crippen LogP contribution in [0.4, 0.5) is 0 Å². The van der Waals surface area contributed by atoms with Gasteiger partial charge in [0.1, 0.15) is 5.75 Å². The fourth-order valence-corrected chi connectivity index (χ4v) is 3.18. The highest BCUT2D eigenvalue weighted by Crippen LogP contribution is 2.35. The van der Waals surface area contributed by atoms with Gasteiger partial charge in [-0.05, 0) is 37.1 Å². The van der Waals surface area contributed by atoms with Crippen LogP contribution in [0.1, 0.15) is 31.4 Å². The summed E-state index contributed by atoms with van der Waals surface area (Å²) in [5.74, 6) is 0.145. The van der Waals surface area contributed by atoms with E-state index in [0.29, 0.717) is 11.3 Å². The minimum atomic E-state index is -0.471. The van der Waals surface area contributed by atoms with Crippen LogP contribution in [0.15, 0.2) is 49.1 Å². The van der Waals surface area contributed by atoms with Crippen LogP contribution >= 0.6 is 0 Å². The van der Waals surface area contributed by atoms with Gasteiger partial charge in [0, 0.05) is 27.4 Å². The van der Waals surface area contributed by atoms with Crippen molar-refractivity contribution in [2.75, 3.05) is 6.79 Å². The zero-order chi connectivity index (χ0) is 18.7. The second kappa shape index (κ2) is 7.48. The zero-order valence-electron chi connectivity index (χ0n) is 15.2. The summed E-state index contributed by atoms with van der Waals surface area (Å²) >= 11 is 0. The second-order valence-corrected chi connectivity index (χ2v) is 6.29. The number of esters is 1. The Labute approximate surface area is 153 Å². The van der Waals surface area contributed by atoms with Crippen molar-refractivity contribution in [3.05, 3.63) is 60.2 Å². The van der Waals surface area contributed by atoms with E-state index in [0.717, 1.165) is 34.8 Å². The number of carbonyl (C=O) groups excluding carboxylic acids is 1. The smallest absolute Gasteiger partial charge is 0.335 e. The van der Waals surface area contributed by atoms with Crippen LogP contribution in [0.2, 0.25) is 0 Å². The third-order valence-electron chi connectivity index (χ3n) is 4.36. The molecule has 3 aromatic rings. The molecular weight excluding hydrogens is 326 g/mol. The number of aromatic nitrogens is 1. The van der Waals surface area contributed by atoms with E-state index in [4.69, 9.17) is 9.47 Å². The van der Waals surface area contributed by atoms with Crippen molar-refractivity contribution in [1.82, 2.24) is 4.98 Å². The van der Waals surface area contributed by atoms with Crippen LogP contribution in [0, 0.1) is 0 Å². The average molecular weight is 349 g/mol. The summed E-state index contributed by atoms with van der Waals surface area (Å²) < 4.78 is 10.7. The molecule has 0 fully saturated rings. The Balaban J connectivity index is 2.01. The molecule has 1 heterocycles. The van der Waals surface area contributed by atoms with Crippen molar-refractivity contribution in [3.63, 3.8) is 0 Å². The number of fused-ring (bicyclic) bond motifs is 3. The number of hydrogen-bond acceptors (Lipinski definition) is 3. The first-order chi connectivity index (χ1) is 12.6. The predicted octanol–water partition coefficient (Wildman–Crippen LogP) is 5.37. The molecule has 0 aliphatic rings. The van der Waals surface area contributed by atoms with Crippen molar-refractivity contribution in [2.45, 2.75) is 26.7 Å². The normalized spacial score (nSPS) is 10.8. The number of aryl methyl sites for hydroxylation is 1. The molecule has 0 radical (unpaired) electrons. The van der Waals surface area contributed by atoms with Gasteiger partial charge in [0.25, 0.3) is 0 Å². The van der Waals surface area contributed by atoms with Gasteiger partial charge in [0.05, 0.1) is 5.52 Å². The molecule has 4 heteroatoms. The first-order valence-corrected chi connectivity index (χ1v) is 8.71. The van der Waals surface area contributed by atoms with E-state index in [1.807, 2.05) is 12.1 Å². The number of ether oxygens (including phenoxy) is 2. The highest BCUT2D eigenvalue weighted by molar-refractivity contribution is 6.11. The maximum absolute atomic E-state index is 11.5. The van der Waals surface area contributed by atoms with Crippen LogP contribution in [0.3, 0.4) is 0 Å². The Morgan fingerprint density at radius 3 is 2.77 bits per heavy atom. The summed E-state index contributed by atoms with van der Waals surface area (Å²) in [7, 11) is 0. The summed E-state index contributed by atoms with van der Waals surface area (Å²) in [5, 5.41) is 2.39. The molecule has 0 bridgehead atoms. The summed E-state index contributed by atoms with van der Waals surface area (Å²) in [6.07, 6.45) is 3.88. The number of rotatable bonds is 7. The lowest BCUT2D eigenvalue weighted by Gasteiger charge is -2.11. The molecule has 26 heavy (non-hydrogen) atoms. The molecule has 3 rings (SSSR count). The van der Waals surface area contributed by atoms with Crippen molar-refractivity contribution in [3.8, 4) is 5.75 Å². The van der Waals surface area contributed by atoms with Crippen molar-refractivity contribution in [2.24, 2.45) is 0 Å². The van der Waals surface area contributed by atoms with Gasteiger partial charge in [-0.3, -0.25) is 0 Å². The molecular formula is C22H23NO3. The Morgan fingerprint density at radius 1 is 1.27 bits per heavy atom. The molecule has 0 saturated heterocycles. The molecule has 0 amide bonds. The summed E-state index contributed by atoms with van der Waals surface area (Å²) in [5.41, 5.74) is 4.59. The third kappa shape index (κ3) is 3.23. The maximum atomic E-state index is 11.5. The van der Waals surface area contributed by atoms with Crippen LogP contribution in [-0.4, -0.2) is 17.7 Å². The summed E-state index contributed by atoms with van der Waals surface area (Å²) in [4.78, 5) is 15.0. The fourth-order valence-electron chi connectivity index (χ4n) is 3.18. The van der Waals surface area contributed by atoms with Gasteiger partial charge in [-0.25, -0.2) is 4.79 Å². The number of benzene rings is 2. The van der Waals surface area contributed by atoms with Crippen LogP contribution in [-0.2, 0) is 16.0 Å². The van der Waals surface area contributed by atoms with Crippen molar-refractivity contribution >= 4 is 33.9 Å². The highest BCUT2D eigenvalue weighted by atomic mass is 16.7. The molecule has 0 spiro atoms. The Hall–Kier alpha value is -3.01. The van der Waals surface area contributed by atoms with Gasteiger partial charge >= 0.3 is 5.97 Å². The van der Waals surface area contributed by atoms with Gasteiger partial charge in [-0.2, -0.15) is 0 Å². The predicted molar refractivity (Wildman–Crippen MR) is 106 cm³/mol. The van der Waals surface area contributed by atoms with Gasteiger partial charge in [-0.15, -0.1) is 0 Å². The largest absolute Gasteiger partial charge is 0.457 e. The third-order valence-corrected chi connectivity index (χ3v) is 4.36. The standard InChI is InChI=1S/C22H23NO3/c1-5-8-15-9-7-10-18-20(15)17-11-12-19(16(6-2)21(17)23-18)25-13-26-22(24)14(3)4/h6-7,9-12,23H,2-3,5,8,13H2,1,4H3. The Kier molecular flexibility index (Phi) is 5.12. The van der Waals surface area contributed by atoms with E-state index in [2.05, 4.69) is 43.3 Å². The number of hydrogen-bond donors (Lipinski definition) is 1. The number of carbonyl (C=O) groups is 1. The topological polar surface area (TPSA) is 51.3 Å². The second-order valence-electron chi connectivity index (χ2n) is 6.29. The molecule has 2 aromatic carbocycles. The molecule has 0 unspecified atom stereocenters. The van der Waals surface area contributed by atoms with Gasteiger partial charge < -0.3 is 14.5 Å². The van der Waals surface area contributed by atoms with Gasteiger partial charge in [-0.1, -0.05) is 44.7 Å². The van der Waals surface area contributed by atoms with Gasteiger partial charge in [0.2, 0.25) is 6.79 Å². The number of aromatic amines is 1. The Morgan fingerprint density at radius 2 is 2.08 bits per heavy atom. The highest BCUT2D eigenvalue weighted by Gasteiger charge is 2.14. The minimum absolute atomic E-state index is 0.167. The molecule has 1 aromatic heterocycles. The van der Waals surface area contributed by atoms with Crippen molar-refractivity contribution in [1.29, 1.82) is 0 Å². The molecule has 134 valence electrons. The van der Waals surface area contributed by atoms with E-state index >= 15 is 0 Å². The van der Waals surface area contributed by atoms with Crippen molar-refractivity contribution < 1.29 is 14.3 Å². The van der Waals surface area contributed by atoms with Crippen LogP contribution < -0.4 is 4.74 Å². The minimum Gasteiger partial charge on any atom is -0.457 e. The summed E-state index contributed by atoms with van der Waals surface area (Å²) in [6, 6.07) is 10.3. The molecule has 0 aliphatic carbocycles. The fraction of sp³-hybridized carbons (Fsp3) is 0.227. The number of H-pyrrole nitrogens is 1. The van der Waals surface area contributed by atoms with Crippen LogP contribution in [0.5, 0.6) is 5.75 Å². The first-order valence-electron chi connectivity index (χ1n) is 8.71. The monoisotopic (exact) mass is 349 g/mol. The summed E-state index contributed by atoms with van der Waals surface area (Å²) in [6.45, 7) is 11.1. The van der Waals surface area contributed by atoms with Crippen LogP contribution in [0.25, 0.3) is 27.9 Å². The lowest BCUT2D eigenvalue weighted by molar-refractivity contribution is -0.145. The lowest BCUT2D eigenvalue weighted by atomic mass is 10.0. The zero-order valence-corrected chi connectivity index (χ0v) is 15.2. The lowest BCUT2D eigenvalue weighted by Crippen LogP contribution is -2.11. The van der Waals surface area contributed by atoms with E-state index < -0.39 is 5.97 Å². The quantitative estimate of drug-likeness (QED) is 0.354. The van der Waals surface area contributed by atoms with E-state index in [1.54, 1.807) is 13.0 Å². The first kappa shape index (κ1) is 17.8. The van der Waals surface area contributed by atoms with Gasteiger partial charge in [0.15, 0.2) is 0 Å².